The Morgan fingerprint density at radius 2 is 1.29 bits per heavy atom. The van der Waals surface area contributed by atoms with Crippen molar-refractivity contribution in [3.8, 4) is 11.5 Å². The number of phosphoric acid groups is 1. The Labute approximate surface area is 176 Å². The zero-order chi connectivity index (χ0) is 22.9. The first kappa shape index (κ1) is 23.8. The monoisotopic (exact) mass is 454 g/mol. The quantitative estimate of drug-likeness (QED) is 0.193. The second-order valence-corrected chi connectivity index (χ2v) is 7.69. The lowest BCUT2D eigenvalue weighted by Crippen LogP contribution is -2.06. The van der Waals surface area contributed by atoms with Crippen LogP contribution in [0.5, 0.6) is 11.5 Å². The predicted molar refractivity (Wildman–Crippen MR) is 107 cm³/mol. The van der Waals surface area contributed by atoms with Crippen LogP contribution in [0, 0.1) is 20.2 Å². The molecule has 0 aliphatic carbocycles. The highest BCUT2D eigenvalue weighted by molar-refractivity contribution is 7.49. The number of carboxylic acid groups (broad SMARTS) is 1. The van der Waals surface area contributed by atoms with Crippen LogP contribution in [0.1, 0.15) is 25.7 Å². The maximum absolute atomic E-state index is 13.1. The molecule has 0 fully saturated rings. The van der Waals surface area contributed by atoms with Gasteiger partial charge in [0.2, 0.25) is 0 Å². The molecule has 12 nitrogen and oxygen atoms in total. The van der Waals surface area contributed by atoms with Crippen LogP contribution in [0.2, 0.25) is 0 Å². The van der Waals surface area contributed by atoms with Crippen LogP contribution >= 0.6 is 7.82 Å². The van der Waals surface area contributed by atoms with Gasteiger partial charge in [-0.3, -0.25) is 29.5 Å². The van der Waals surface area contributed by atoms with Crippen molar-refractivity contribution >= 4 is 25.2 Å². The SMILES string of the molecule is O=C(O)CCCCCOP(=O)(Oc1ccc([N+](=O)[O-])cc1)Oc1ccc([N+](=O)[O-])cc1. The zero-order valence-corrected chi connectivity index (χ0v) is 17.0. The molecular formula is C18H19N2O10P. The molecular weight excluding hydrogens is 435 g/mol. The summed E-state index contributed by atoms with van der Waals surface area (Å²) in [7, 11) is -4.26. The largest absolute Gasteiger partial charge is 0.587 e. The number of non-ortho nitro benzene ring substituents is 2. The predicted octanol–water partition coefficient (Wildman–Crippen LogP) is 4.73. The van der Waals surface area contributed by atoms with E-state index in [1.165, 1.54) is 24.3 Å². The summed E-state index contributed by atoms with van der Waals surface area (Å²) < 4.78 is 29.0. The van der Waals surface area contributed by atoms with E-state index < -0.39 is 23.6 Å². The summed E-state index contributed by atoms with van der Waals surface area (Å²) in [5.74, 6) is -0.946. The molecule has 0 radical (unpaired) electrons. The molecule has 31 heavy (non-hydrogen) atoms. The van der Waals surface area contributed by atoms with Crippen molar-refractivity contribution in [1.82, 2.24) is 0 Å². The minimum Gasteiger partial charge on any atom is -0.481 e. The van der Waals surface area contributed by atoms with E-state index in [4.69, 9.17) is 18.7 Å². The van der Waals surface area contributed by atoms with Crippen molar-refractivity contribution in [3.63, 3.8) is 0 Å². The fourth-order valence-corrected chi connectivity index (χ4v) is 3.57. The first-order chi connectivity index (χ1) is 14.7. The van der Waals surface area contributed by atoms with Crippen molar-refractivity contribution in [2.24, 2.45) is 0 Å². The van der Waals surface area contributed by atoms with Gasteiger partial charge in [0.25, 0.3) is 11.4 Å². The van der Waals surface area contributed by atoms with Crippen LogP contribution in [-0.2, 0) is 13.9 Å². The van der Waals surface area contributed by atoms with Crippen molar-refractivity contribution in [1.29, 1.82) is 0 Å². The number of hydrogen-bond acceptors (Lipinski definition) is 9. The zero-order valence-electron chi connectivity index (χ0n) is 16.1. The first-order valence-electron chi connectivity index (χ1n) is 9.03. The van der Waals surface area contributed by atoms with Crippen LogP contribution in [-0.4, -0.2) is 27.5 Å². The Morgan fingerprint density at radius 1 is 0.839 bits per heavy atom. The van der Waals surface area contributed by atoms with Crippen LogP contribution in [0.15, 0.2) is 48.5 Å². The third-order valence-electron chi connectivity index (χ3n) is 3.81. The van der Waals surface area contributed by atoms with Gasteiger partial charge < -0.3 is 14.2 Å². The number of rotatable bonds is 13. The number of nitro benzene ring substituents is 2. The summed E-state index contributed by atoms with van der Waals surface area (Å²) in [6.07, 6.45) is 1.29. The minimum absolute atomic E-state index is 0.00372. The van der Waals surface area contributed by atoms with Crippen molar-refractivity contribution in [2.75, 3.05) is 6.61 Å². The molecule has 0 unspecified atom stereocenters. The van der Waals surface area contributed by atoms with Crippen molar-refractivity contribution < 1.29 is 37.9 Å². The number of phosphoric ester groups is 1. The van der Waals surface area contributed by atoms with Gasteiger partial charge in [0.05, 0.1) is 16.5 Å². The van der Waals surface area contributed by atoms with Gasteiger partial charge >= 0.3 is 13.8 Å². The summed E-state index contributed by atoms with van der Waals surface area (Å²) >= 11 is 0. The lowest BCUT2D eigenvalue weighted by atomic mass is 10.2. The summed E-state index contributed by atoms with van der Waals surface area (Å²) in [5, 5.41) is 30.2. The molecule has 0 heterocycles. The maximum Gasteiger partial charge on any atom is 0.587 e. The summed E-state index contributed by atoms with van der Waals surface area (Å²) in [5.41, 5.74) is -0.393. The molecule has 0 aromatic heterocycles. The molecule has 2 aromatic carbocycles. The van der Waals surface area contributed by atoms with E-state index in [-0.39, 0.29) is 35.9 Å². The average Bonchev–Trinajstić information content (AvgIpc) is 2.71. The molecule has 0 atom stereocenters. The Hall–Kier alpha value is -3.50. The van der Waals surface area contributed by atoms with Gasteiger partial charge in [-0.2, -0.15) is 0 Å². The number of aliphatic carboxylic acids is 1. The molecule has 0 spiro atoms. The van der Waals surface area contributed by atoms with Gasteiger partial charge in [0.15, 0.2) is 0 Å². The molecule has 0 aliphatic heterocycles. The van der Waals surface area contributed by atoms with Gasteiger partial charge in [0, 0.05) is 30.7 Å². The van der Waals surface area contributed by atoms with Crippen LogP contribution in [0.3, 0.4) is 0 Å². The molecule has 2 aromatic rings. The lowest BCUT2D eigenvalue weighted by Gasteiger charge is -2.19. The van der Waals surface area contributed by atoms with E-state index in [2.05, 4.69) is 0 Å². The normalized spacial score (nSPS) is 11.0. The van der Waals surface area contributed by atoms with E-state index in [1.807, 2.05) is 0 Å². The fourth-order valence-electron chi connectivity index (χ4n) is 2.32. The molecule has 0 saturated heterocycles. The molecule has 0 bridgehead atoms. The van der Waals surface area contributed by atoms with Crippen molar-refractivity contribution in [3.05, 3.63) is 68.8 Å². The van der Waals surface area contributed by atoms with E-state index >= 15 is 0 Å². The van der Waals surface area contributed by atoms with Crippen LogP contribution < -0.4 is 9.05 Å². The fraction of sp³-hybridized carbons (Fsp3) is 0.278. The topological polar surface area (TPSA) is 168 Å². The Bertz CT molecular complexity index is 899. The second kappa shape index (κ2) is 11.0. The standard InChI is InChI=1S/C18H19N2O10P/c21-18(22)4-2-1-3-13-28-31(27,29-16-9-5-14(6-10-16)19(23)24)30-17-11-7-15(8-12-17)20(25)26/h5-12H,1-4,13H2,(H,21,22). The van der Waals surface area contributed by atoms with Gasteiger partial charge in [-0.25, -0.2) is 4.57 Å². The van der Waals surface area contributed by atoms with Gasteiger partial charge in [-0.15, -0.1) is 0 Å². The van der Waals surface area contributed by atoms with E-state index in [1.54, 1.807) is 0 Å². The summed E-state index contributed by atoms with van der Waals surface area (Å²) in [6.45, 7) is -0.0726. The Morgan fingerprint density at radius 3 is 1.68 bits per heavy atom. The van der Waals surface area contributed by atoms with E-state index in [0.717, 1.165) is 24.3 Å². The maximum atomic E-state index is 13.1. The third-order valence-corrected chi connectivity index (χ3v) is 5.18. The number of unbranched alkanes of at least 4 members (excludes halogenated alkanes) is 2. The highest BCUT2D eigenvalue weighted by atomic mass is 31.2. The number of carboxylic acids is 1. The summed E-state index contributed by atoms with van der Waals surface area (Å²) in [4.78, 5) is 30.8. The van der Waals surface area contributed by atoms with Crippen LogP contribution in [0.4, 0.5) is 11.4 Å². The molecule has 0 saturated carbocycles. The molecule has 13 heteroatoms. The molecule has 1 N–H and O–H groups in total. The van der Waals surface area contributed by atoms with Gasteiger partial charge in [-0.05, 0) is 37.1 Å². The smallest absolute Gasteiger partial charge is 0.481 e. The Balaban J connectivity index is 2.09. The van der Waals surface area contributed by atoms with Gasteiger partial charge in [-0.1, -0.05) is 6.42 Å². The first-order valence-corrected chi connectivity index (χ1v) is 10.5. The number of carbonyl (C=O) groups is 1. The lowest BCUT2D eigenvalue weighted by molar-refractivity contribution is -0.385. The third kappa shape index (κ3) is 8.03. The number of nitro groups is 2. The number of benzene rings is 2. The minimum atomic E-state index is -4.26. The van der Waals surface area contributed by atoms with Crippen molar-refractivity contribution in [2.45, 2.75) is 25.7 Å². The second-order valence-electron chi connectivity index (χ2n) is 6.17. The average molecular weight is 454 g/mol. The molecule has 0 aliphatic rings. The molecule has 166 valence electrons. The highest BCUT2D eigenvalue weighted by Gasteiger charge is 2.31. The number of hydrogen-bond donors (Lipinski definition) is 1. The highest BCUT2D eigenvalue weighted by Crippen LogP contribution is 2.50. The van der Waals surface area contributed by atoms with E-state index in [9.17, 15) is 29.6 Å². The molecule has 2 rings (SSSR count). The van der Waals surface area contributed by atoms with Crippen LogP contribution in [0.25, 0.3) is 0 Å². The molecule has 0 amide bonds. The van der Waals surface area contributed by atoms with E-state index in [0.29, 0.717) is 19.3 Å². The Kier molecular flexibility index (Phi) is 8.47. The number of nitrogens with zero attached hydrogens (tertiary/aromatic N) is 2. The van der Waals surface area contributed by atoms with Gasteiger partial charge in [0.1, 0.15) is 11.5 Å². The summed E-state index contributed by atoms with van der Waals surface area (Å²) in [6, 6.07) is 9.49.